The van der Waals surface area contributed by atoms with Gasteiger partial charge in [0.1, 0.15) is 0 Å². The normalized spacial score (nSPS) is 26.6. The number of nitrogens with zero attached hydrogens (tertiary/aromatic N) is 1. The summed E-state index contributed by atoms with van der Waals surface area (Å²) in [5, 5.41) is 3.31. The second-order valence-electron chi connectivity index (χ2n) is 5.40. The van der Waals surface area contributed by atoms with Crippen LogP contribution in [0.1, 0.15) is 19.8 Å². The third-order valence-electron chi connectivity index (χ3n) is 3.96. The number of halogens is 1. The lowest BCUT2D eigenvalue weighted by Gasteiger charge is -2.41. The summed E-state index contributed by atoms with van der Waals surface area (Å²) in [6.07, 6.45) is 1.88. The number of morpholine rings is 1. The lowest BCUT2D eigenvalue weighted by atomic mass is 9.78. The summed E-state index contributed by atoms with van der Waals surface area (Å²) in [4.78, 5) is 14.7. The van der Waals surface area contributed by atoms with Crippen molar-refractivity contribution in [3.8, 4) is 0 Å². The van der Waals surface area contributed by atoms with E-state index in [1.54, 1.807) is 7.11 Å². The minimum atomic E-state index is -0.322. The molecule has 1 atom stereocenters. The maximum absolute atomic E-state index is 12.8. The fourth-order valence-corrected chi connectivity index (χ4v) is 2.94. The van der Waals surface area contributed by atoms with Crippen LogP contribution >= 0.6 is 12.4 Å². The molecule has 19 heavy (non-hydrogen) atoms. The number of rotatable bonds is 3. The van der Waals surface area contributed by atoms with E-state index < -0.39 is 0 Å². The number of piperidine rings is 1. The number of methoxy groups -OCH3 is 1. The first-order chi connectivity index (χ1) is 8.68. The fourth-order valence-electron chi connectivity index (χ4n) is 2.94. The van der Waals surface area contributed by atoms with Crippen molar-refractivity contribution < 1.29 is 14.3 Å². The molecule has 112 valence electrons. The van der Waals surface area contributed by atoms with Crippen LogP contribution in [0.25, 0.3) is 0 Å². The lowest BCUT2D eigenvalue weighted by molar-refractivity contribution is -0.154. The Bertz CT molecular complexity index is 290. The van der Waals surface area contributed by atoms with Crippen LogP contribution in [0.5, 0.6) is 0 Å². The first-order valence-corrected chi connectivity index (χ1v) is 6.78. The molecule has 1 unspecified atom stereocenters. The summed E-state index contributed by atoms with van der Waals surface area (Å²) in [6, 6.07) is 0. The van der Waals surface area contributed by atoms with Crippen LogP contribution in [-0.4, -0.2) is 63.4 Å². The Morgan fingerprint density at radius 1 is 1.47 bits per heavy atom. The van der Waals surface area contributed by atoms with Crippen molar-refractivity contribution in [2.45, 2.75) is 25.9 Å². The zero-order valence-corrected chi connectivity index (χ0v) is 12.6. The Kier molecular flexibility index (Phi) is 6.53. The minimum absolute atomic E-state index is 0. The molecule has 2 fully saturated rings. The quantitative estimate of drug-likeness (QED) is 0.831. The van der Waals surface area contributed by atoms with Gasteiger partial charge in [-0.25, -0.2) is 0 Å². The maximum atomic E-state index is 12.8. The van der Waals surface area contributed by atoms with E-state index in [1.165, 1.54) is 0 Å². The Morgan fingerprint density at radius 3 is 2.74 bits per heavy atom. The number of carbonyl (C=O) groups excluding carboxylic acids is 1. The Morgan fingerprint density at radius 2 is 2.16 bits per heavy atom. The van der Waals surface area contributed by atoms with E-state index >= 15 is 0 Å². The number of amides is 1. The molecule has 2 heterocycles. The zero-order chi connectivity index (χ0) is 13.0. The average molecular weight is 293 g/mol. The van der Waals surface area contributed by atoms with Gasteiger partial charge in [-0.3, -0.25) is 4.79 Å². The average Bonchev–Trinajstić information content (AvgIpc) is 2.39. The molecule has 2 aliphatic rings. The van der Waals surface area contributed by atoms with Crippen molar-refractivity contribution in [2.24, 2.45) is 5.41 Å². The first-order valence-electron chi connectivity index (χ1n) is 6.78. The van der Waals surface area contributed by atoms with E-state index in [0.717, 1.165) is 25.9 Å². The molecule has 5 nitrogen and oxygen atoms in total. The van der Waals surface area contributed by atoms with Crippen molar-refractivity contribution in [3.05, 3.63) is 0 Å². The van der Waals surface area contributed by atoms with Crippen LogP contribution in [0.2, 0.25) is 0 Å². The standard InChI is InChI=1S/C13H24N2O3.ClH/c1-11-9-15(7-8-18-11)12(16)13(10-17-2)3-5-14-6-4-13;/h11,14H,3-10H2,1-2H3;1H. The highest BCUT2D eigenvalue weighted by atomic mass is 35.5. The summed E-state index contributed by atoms with van der Waals surface area (Å²) in [5.41, 5.74) is -0.322. The summed E-state index contributed by atoms with van der Waals surface area (Å²) in [5.74, 6) is 0.251. The van der Waals surface area contributed by atoms with E-state index in [4.69, 9.17) is 9.47 Å². The molecule has 0 aromatic rings. The van der Waals surface area contributed by atoms with Gasteiger partial charge in [-0.05, 0) is 32.9 Å². The second-order valence-corrected chi connectivity index (χ2v) is 5.40. The first kappa shape index (κ1) is 16.7. The molecule has 0 aromatic carbocycles. The lowest BCUT2D eigenvalue weighted by Crippen LogP contribution is -2.55. The smallest absolute Gasteiger partial charge is 0.231 e. The molecule has 1 amide bonds. The second kappa shape index (κ2) is 7.43. The maximum Gasteiger partial charge on any atom is 0.231 e. The van der Waals surface area contributed by atoms with Crippen molar-refractivity contribution in [1.82, 2.24) is 10.2 Å². The van der Waals surface area contributed by atoms with E-state index in [0.29, 0.717) is 26.3 Å². The molecule has 0 spiro atoms. The molecule has 2 aliphatic heterocycles. The van der Waals surface area contributed by atoms with Crippen LogP contribution in [-0.2, 0) is 14.3 Å². The van der Waals surface area contributed by atoms with Crippen LogP contribution in [0, 0.1) is 5.41 Å². The number of hydrogen-bond donors (Lipinski definition) is 1. The molecule has 0 aromatic heterocycles. The van der Waals surface area contributed by atoms with Crippen LogP contribution in [0.4, 0.5) is 0 Å². The molecule has 0 saturated carbocycles. The molecule has 1 N–H and O–H groups in total. The topological polar surface area (TPSA) is 50.8 Å². The number of carbonyl (C=O) groups is 1. The molecule has 0 aliphatic carbocycles. The highest BCUT2D eigenvalue weighted by Crippen LogP contribution is 2.32. The summed E-state index contributed by atoms with van der Waals surface area (Å²) < 4.78 is 10.8. The summed E-state index contributed by atoms with van der Waals surface area (Å²) in [7, 11) is 1.68. The minimum Gasteiger partial charge on any atom is -0.384 e. The van der Waals surface area contributed by atoms with Gasteiger partial charge in [0, 0.05) is 20.2 Å². The predicted molar refractivity (Wildman–Crippen MR) is 75.7 cm³/mol. The molecular formula is C13H25ClN2O3. The van der Waals surface area contributed by atoms with Crippen molar-refractivity contribution >= 4 is 18.3 Å². The van der Waals surface area contributed by atoms with Crippen molar-refractivity contribution in [3.63, 3.8) is 0 Å². The molecule has 0 radical (unpaired) electrons. The molecule has 2 rings (SSSR count). The fraction of sp³-hybridized carbons (Fsp3) is 0.923. The highest BCUT2D eigenvalue weighted by Gasteiger charge is 2.42. The van der Waals surface area contributed by atoms with Gasteiger partial charge in [-0.2, -0.15) is 0 Å². The van der Waals surface area contributed by atoms with E-state index in [1.807, 2.05) is 11.8 Å². The largest absolute Gasteiger partial charge is 0.384 e. The number of ether oxygens (including phenoxy) is 2. The Labute approximate surface area is 121 Å². The zero-order valence-electron chi connectivity index (χ0n) is 11.8. The Balaban J connectivity index is 0.00000180. The molecule has 2 saturated heterocycles. The highest BCUT2D eigenvalue weighted by molar-refractivity contribution is 5.85. The van der Waals surface area contributed by atoms with Gasteiger partial charge in [0.2, 0.25) is 5.91 Å². The van der Waals surface area contributed by atoms with Gasteiger partial charge in [0.05, 0.1) is 24.7 Å². The van der Waals surface area contributed by atoms with Gasteiger partial charge in [0.15, 0.2) is 0 Å². The van der Waals surface area contributed by atoms with Gasteiger partial charge in [-0.15, -0.1) is 12.4 Å². The van der Waals surface area contributed by atoms with Crippen molar-refractivity contribution in [2.75, 3.05) is 46.5 Å². The Hall–Kier alpha value is -0.360. The third kappa shape index (κ3) is 3.81. The molecule has 6 heteroatoms. The summed E-state index contributed by atoms with van der Waals surface area (Å²) in [6.45, 7) is 6.40. The summed E-state index contributed by atoms with van der Waals surface area (Å²) >= 11 is 0. The monoisotopic (exact) mass is 292 g/mol. The van der Waals surface area contributed by atoms with E-state index in [9.17, 15) is 4.79 Å². The van der Waals surface area contributed by atoms with Gasteiger partial charge >= 0.3 is 0 Å². The van der Waals surface area contributed by atoms with E-state index in [2.05, 4.69) is 5.32 Å². The van der Waals surface area contributed by atoms with E-state index in [-0.39, 0.29) is 29.8 Å². The van der Waals surface area contributed by atoms with Crippen LogP contribution in [0.15, 0.2) is 0 Å². The van der Waals surface area contributed by atoms with Gasteiger partial charge < -0.3 is 19.7 Å². The molecular weight excluding hydrogens is 268 g/mol. The SMILES string of the molecule is COCC1(C(=O)N2CCOC(C)C2)CCNCC1.Cl. The molecule has 0 bridgehead atoms. The van der Waals surface area contributed by atoms with Crippen LogP contribution in [0.3, 0.4) is 0 Å². The van der Waals surface area contributed by atoms with Gasteiger partial charge in [-0.1, -0.05) is 0 Å². The van der Waals surface area contributed by atoms with Crippen LogP contribution < -0.4 is 5.32 Å². The van der Waals surface area contributed by atoms with Crippen molar-refractivity contribution in [1.29, 1.82) is 0 Å². The third-order valence-corrected chi connectivity index (χ3v) is 3.96. The van der Waals surface area contributed by atoms with Gasteiger partial charge in [0.25, 0.3) is 0 Å². The number of hydrogen-bond acceptors (Lipinski definition) is 4. The number of nitrogens with one attached hydrogen (secondary N) is 1. The predicted octanol–water partition coefficient (Wildman–Crippen LogP) is 0.672.